The Balaban J connectivity index is 2.28. The standard InChI is InChI=1S/C11H11BrN2O3S/c12-10-2-1-8(14(16)17)7-9(10)11(15)13-3-5-18-6-4-13/h1-2,7H,3-6H2. The van der Waals surface area contributed by atoms with Crippen molar-refractivity contribution in [2.45, 2.75) is 0 Å². The Morgan fingerprint density at radius 2 is 2.06 bits per heavy atom. The summed E-state index contributed by atoms with van der Waals surface area (Å²) >= 11 is 5.08. The summed E-state index contributed by atoms with van der Waals surface area (Å²) in [5.41, 5.74) is 0.295. The van der Waals surface area contributed by atoms with Crippen LogP contribution in [0.15, 0.2) is 22.7 Å². The monoisotopic (exact) mass is 330 g/mol. The van der Waals surface area contributed by atoms with E-state index in [9.17, 15) is 14.9 Å². The molecule has 7 heteroatoms. The Morgan fingerprint density at radius 3 is 2.67 bits per heavy atom. The van der Waals surface area contributed by atoms with Crippen molar-refractivity contribution in [3.8, 4) is 0 Å². The molecule has 5 nitrogen and oxygen atoms in total. The zero-order valence-corrected chi connectivity index (χ0v) is 11.9. The van der Waals surface area contributed by atoms with Gasteiger partial charge in [-0.25, -0.2) is 0 Å². The van der Waals surface area contributed by atoms with Crippen LogP contribution in [-0.4, -0.2) is 40.3 Å². The van der Waals surface area contributed by atoms with Crippen LogP contribution >= 0.6 is 27.7 Å². The van der Waals surface area contributed by atoms with Crippen LogP contribution < -0.4 is 0 Å². The molecule has 0 aromatic heterocycles. The molecule has 1 heterocycles. The van der Waals surface area contributed by atoms with E-state index in [0.29, 0.717) is 23.1 Å². The Hall–Kier alpha value is -1.08. The van der Waals surface area contributed by atoms with E-state index < -0.39 is 4.92 Å². The van der Waals surface area contributed by atoms with Gasteiger partial charge in [-0.1, -0.05) is 0 Å². The van der Waals surface area contributed by atoms with Gasteiger partial charge in [0.25, 0.3) is 11.6 Å². The second-order valence-electron chi connectivity index (χ2n) is 3.83. The quantitative estimate of drug-likeness (QED) is 0.617. The first-order valence-corrected chi connectivity index (χ1v) is 7.35. The maximum absolute atomic E-state index is 12.3. The van der Waals surface area contributed by atoms with Crippen LogP contribution in [0.1, 0.15) is 10.4 Å². The van der Waals surface area contributed by atoms with E-state index in [2.05, 4.69) is 15.9 Å². The number of hydrogen-bond acceptors (Lipinski definition) is 4. The average Bonchev–Trinajstić information content (AvgIpc) is 2.39. The van der Waals surface area contributed by atoms with Gasteiger partial charge in [-0.2, -0.15) is 11.8 Å². The Bertz CT molecular complexity index is 489. The number of amides is 1. The van der Waals surface area contributed by atoms with Gasteiger partial charge in [-0.15, -0.1) is 0 Å². The van der Waals surface area contributed by atoms with E-state index in [1.165, 1.54) is 12.1 Å². The number of hydrogen-bond donors (Lipinski definition) is 0. The molecular formula is C11H11BrN2O3S. The van der Waals surface area contributed by atoms with Gasteiger partial charge in [0.2, 0.25) is 0 Å². The molecule has 0 saturated carbocycles. The topological polar surface area (TPSA) is 63.4 Å². The summed E-state index contributed by atoms with van der Waals surface area (Å²) in [4.78, 5) is 24.2. The Morgan fingerprint density at radius 1 is 1.39 bits per heavy atom. The van der Waals surface area contributed by atoms with E-state index >= 15 is 0 Å². The molecule has 0 radical (unpaired) electrons. The molecule has 1 aromatic rings. The number of non-ortho nitro benzene ring substituents is 1. The molecule has 1 fully saturated rings. The highest BCUT2D eigenvalue weighted by molar-refractivity contribution is 9.10. The number of benzene rings is 1. The molecular weight excluding hydrogens is 320 g/mol. The summed E-state index contributed by atoms with van der Waals surface area (Å²) in [5.74, 6) is 1.68. The predicted octanol–water partition coefficient (Wildman–Crippen LogP) is 2.55. The number of nitro groups is 1. The largest absolute Gasteiger partial charge is 0.337 e. The smallest absolute Gasteiger partial charge is 0.270 e. The third-order valence-electron chi connectivity index (χ3n) is 2.69. The summed E-state index contributed by atoms with van der Waals surface area (Å²) in [6.45, 7) is 1.39. The summed E-state index contributed by atoms with van der Waals surface area (Å²) < 4.78 is 0.594. The molecule has 2 rings (SSSR count). The van der Waals surface area contributed by atoms with E-state index in [0.717, 1.165) is 11.5 Å². The highest BCUT2D eigenvalue weighted by atomic mass is 79.9. The third kappa shape index (κ3) is 2.84. The van der Waals surface area contributed by atoms with Crippen molar-refractivity contribution in [1.82, 2.24) is 4.90 Å². The minimum Gasteiger partial charge on any atom is -0.337 e. The van der Waals surface area contributed by atoms with E-state index in [1.54, 1.807) is 11.0 Å². The molecule has 96 valence electrons. The first-order valence-electron chi connectivity index (χ1n) is 5.40. The van der Waals surface area contributed by atoms with Crippen molar-refractivity contribution < 1.29 is 9.72 Å². The van der Waals surface area contributed by atoms with Crippen LogP contribution in [0.3, 0.4) is 0 Å². The van der Waals surface area contributed by atoms with Crippen LogP contribution in [0.2, 0.25) is 0 Å². The van der Waals surface area contributed by atoms with Crippen molar-refractivity contribution in [2.24, 2.45) is 0 Å². The van der Waals surface area contributed by atoms with E-state index in [-0.39, 0.29) is 11.6 Å². The van der Waals surface area contributed by atoms with Crippen molar-refractivity contribution in [3.05, 3.63) is 38.3 Å². The fraction of sp³-hybridized carbons (Fsp3) is 0.364. The van der Waals surface area contributed by atoms with E-state index in [4.69, 9.17) is 0 Å². The number of thioether (sulfide) groups is 1. The highest BCUT2D eigenvalue weighted by Gasteiger charge is 2.22. The lowest BCUT2D eigenvalue weighted by molar-refractivity contribution is -0.384. The summed E-state index contributed by atoms with van der Waals surface area (Å²) in [5, 5.41) is 10.7. The number of carbonyl (C=O) groups is 1. The minimum atomic E-state index is -0.491. The highest BCUT2D eigenvalue weighted by Crippen LogP contribution is 2.24. The molecule has 1 aromatic carbocycles. The molecule has 1 amide bonds. The molecule has 0 atom stereocenters. The molecule has 0 aliphatic carbocycles. The van der Waals surface area contributed by atoms with Gasteiger partial charge < -0.3 is 4.90 Å². The van der Waals surface area contributed by atoms with Gasteiger partial charge in [0.05, 0.1) is 10.5 Å². The van der Waals surface area contributed by atoms with E-state index in [1.807, 2.05) is 11.8 Å². The number of halogens is 1. The molecule has 0 spiro atoms. The predicted molar refractivity (Wildman–Crippen MR) is 74.0 cm³/mol. The van der Waals surface area contributed by atoms with Crippen LogP contribution in [0.5, 0.6) is 0 Å². The molecule has 18 heavy (non-hydrogen) atoms. The van der Waals surface area contributed by atoms with Gasteiger partial charge in [0.1, 0.15) is 0 Å². The number of carbonyl (C=O) groups excluding carboxylic acids is 1. The average molecular weight is 331 g/mol. The van der Waals surface area contributed by atoms with Crippen molar-refractivity contribution in [3.63, 3.8) is 0 Å². The maximum Gasteiger partial charge on any atom is 0.270 e. The Kier molecular flexibility index (Phi) is 4.23. The SMILES string of the molecule is O=C(c1cc([N+](=O)[O-])ccc1Br)N1CCSCC1. The second-order valence-corrected chi connectivity index (χ2v) is 5.90. The maximum atomic E-state index is 12.3. The molecule has 0 unspecified atom stereocenters. The fourth-order valence-corrected chi connectivity index (χ4v) is 3.05. The normalized spacial score (nSPS) is 15.5. The van der Waals surface area contributed by atoms with Crippen molar-refractivity contribution in [1.29, 1.82) is 0 Å². The summed E-state index contributed by atoms with van der Waals surface area (Å²) in [7, 11) is 0. The first kappa shape index (κ1) is 13.4. The van der Waals surface area contributed by atoms with Crippen molar-refractivity contribution >= 4 is 39.3 Å². The number of nitrogens with zero attached hydrogens (tertiary/aromatic N) is 2. The van der Waals surface area contributed by atoms with Crippen LogP contribution in [0.25, 0.3) is 0 Å². The van der Waals surface area contributed by atoms with Gasteiger partial charge in [0.15, 0.2) is 0 Å². The van der Waals surface area contributed by atoms with Gasteiger partial charge in [-0.05, 0) is 22.0 Å². The molecule has 0 bridgehead atoms. The number of nitro benzene ring substituents is 1. The Labute approximate surface area is 117 Å². The first-order chi connectivity index (χ1) is 8.59. The zero-order chi connectivity index (χ0) is 13.1. The van der Waals surface area contributed by atoms with Crippen LogP contribution in [-0.2, 0) is 0 Å². The minimum absolute atomic E-state index is 0.0621. The van der Waals surface area contributed by atoms with Crippen LogP contribution in [0.4, 0.5) is 5.69 Å². The van der Waals surface area contributed by atoms with Gasteiger partial charge >= 0.3 is 0 Å². The molecule has 1 aliphatic heterocycles. The van der Waals surface area contributed by atoms with Gasteiger partial charge in [0, 0.05) is 41.2 Å². The number of rotatable bonds is 2. The second kappa shape index (κ2) is 5.71. The third-order valence-corrected chi connectivity index (χ3v) is 4.32. The lowest BCUT2D eigenvalue weighted by Gasteiger charge is -2.26. The summed E-state index contributed by atoms with van der Waals surface area (Å²) in [6, 6.07) is 4.26. The molecule has 1 aliphatic rings. The molecule has 1 saturated heterocycles. The fourth-order valence-electron chi connectivity index (χ4n) is 1.73. The van der Waals surface area contributed by atoms with Crippen LogP contribution in [0, 0.1) is 10.1 Å². The zero-order valence-electron chi connectivity index (χ0n) is 9.47. The summed E-state index contributed by atoms with van der Waals surface area (Å²) in [6.07, 6.45) is 0. The van der Waals surface area contributed by atoms with Crippen molar-refractivity contribution in [2.75, 3.05) is 24.6 Å². The lowest BCUT2D eigenvalue weighted by Crippen LogP contribution is -2.38. The molecule has 0 N–H and O–H groups in total. The van der Waals surface area contributed by atoms with Gasteiger partial charge in [-0.3, -0.25) is 14.9 Å². The lowest BCUT2D eigenvalue weighted by atomic mass is 10.1.